The molecular formula is C10H17Cl2NO. The highest BCUT2D eigenvalue weighted by molar-refractivity contribution is 6.36. The van der Waals surface area contributed by atoms with Gasteiger partial charge in [0.05, 0.1) is 0 Å². The molecule has 0 unspecified atom stereocenters. The first kappa shape index (κ1) is 12.3. The molecule has 1 fully saturated rings. The molecule has 0 amide bonds. The van der Waals surface area contributed by atoms with Crippen LogP contribution in [0.4, 0.5) is 0 Å². The number of hydrogen-bond acceptors (Lipinski definition) is 2. The van der Waals surface area contributed by atoms with Gasteiger partial charge in [-0.15, -0.1) is 0 Å². The Morgan fingerprint density at radius 2 is 2.14 bits per heavy atom. The number of hydrogen-bond donors (Lipinski definition) is 1. The Balaban J connectivity index is 2.24. The lowest BCUT2D eigenvalue weighted by Gasteiger charge is -2.20. The van der Waals surface area contributed by atoms with Crippen molar-refractivity contribution in [1.29, 1.82) is 0 Å². The minimum Gasteiger partial charge on any atom is -0.396 e. The average Bonchev–Trinajstić information content (AvgIpc) is 2.99. The lowest BCUT2D eigenvalue weighted by atomic mass is 10.3. The van der Waals surface area contributed by atoms with Gasteiger partial charge in [0.25, 0.3) is 0 Å². The third kappa shape index (κ3) is 4.65. The van der Waals surface area contributed by atoms with Crippen LogP contribution in [0.2, 0.25) is 0 Å². The standard InChI is InChI=1S/C10H17Cl2NO/c11-7-9(12)8-13(10-3-4-10)5-1-2-6-14/h7,10,14H,1-6,8H2. The smallest absolute Gasteiger partial charge is 0.0434 e. The maximum absolute atomic E-state index is 8.68. The second kappa shape index (κ2) is 6.67. The molecule has 0 radical (unpaired) electrons. The average molecular weight is 238 g/mol. The van der Waals surface area contributed by atoms with E-state index in [-0.39, 0.29) is 6.61 Å². The van der Waals surface area contributed by atoms with Crippen molar-refractivity contribution in [2.45, 2.75) is 31.7 Å². The maximum Gasteiger partial charge on any atom is 0.0434 e. The van der Waals surface area contributed by atoms with Gasteiger partial charge in [-0.2, -0.15) is 0 Å². The van der Waals surface area contributed by atoms with Gasteiger partial charge in [0.2, 0.25) is 0 Å². The summed E-state index contributed by atoms with van der Waals surface area (Å²) < 4.78 is 0. The van der Waals surface area contributed by atoms with Crippen molar-refractivity contribution in [3.05, 3.63) is 10.6 Å². The predicted molar refractivity (Wildman–Crippen MR) is 60.7 cm³/mol. The molecule has 0 aromatic carbocycles. The van der Waals surface area contributed by atoms with E-state index in [1.165, 1.54) is 18.4 Å². The summed E-state index contributed by atoms with van der Waals surface area (Å²) in [5, 5.41) is 9.38. The molecule has 0 heterocycles. The first-order chi connectivity index (χ1) is 6.77. The van der Waals surface area contributed by atoms with Crippen molar-refractivity contribution in [1.82, 2.24) is 4.90 Å². The fraction of sp³-hybridized carbons (Fsp3) is 0.800. The zero-order valence-corrected chi connectivity index (χ0v) is 9.77. The molecule has 0 aliphatic heterocycles. The Morgan fingerprint density at radius 3 is 2.64 bits per heavy atom. The fourth-order valence-corrected chi connectivity index (χ4v) is 1.71. The summed E-state index contributed by atoms with van der Waals surface area (Å²) in [6.45, 7) is 2.03. The molecule has 0 bridgehead atoms. The molecule has 1 aliphatic rings. The lowest BCUT2D eigenvalue weighted by Crippen LogP contribution is -2.28. The summed E-state index contributed by atoms with van der Waals surface area (Å²) in [5.41, 5.74) is 1.43. The molecule has 0 spiro atoms. The molecule has 82 valence electrons. The van der Waals surface area contributed by atoms with Crippen molar-refractivity contribution in [3.8, 4) is 0 Å². The summed E-state index contributed by atoms with van der Waals surface area (Å²) in [6.07, 6.45) is 4.43. The number of rotatable bonds is 7. The molecule has 0 aromatic heterocycles. The molecule has 0 atom stereocenters. The predicted octanol–water partition coefficient (Wildman–Crippen LogP) is 2.54. The second-order valence-electron chi connectivity index (χ2n) is 3.69. The number of aliphatic hydroxyl groups is 1. The van der Waals surface area contributed by atoms with Crippen LogP contribution in [0, 0.1) is 0 Å². The van der Waals surface area contributed by atoms with Gasteiger partial charge in [0.1, 0.15) is 0 Å². The number of aliphatic hydroxyl groups excluding tert-OH is 1. The van der Waals surface area contributed by atoms with E-state index in [4.69, 9.17) is 28.3 Å². The molecule has 1 rings (SSSR count). The van der Waals surface area contributed by atoms with Crippen LogP contribution in [0.3, 0.4) is 0 Å². The number of unbranched alkanes of at least 4 members (excludes halogenated alkanes) is 1. The van der Waals surface area contributed by atoms with Gasteiger partial charge < -0.3 is 5.11 Å². The lowest BCUT2D eigenvalue weighted by molar-refractivity contribution is 0.248. The molecule has 1 saturated carbocycles. The molecule has 2 nitrogen and oxygen atoms in total. The van der Waals surface area contributed by atoms with E-state index in [0.29, 0.717) is 11.1 Å². The largest absolute Gasteiger partial charge is 0.396 e. The summed E-state index contributed by atoms with van der Waals surface area (Å²) in [4.78, 5) is 2.34. The van der Waals surface area contributed by atoms with Crippen molar-refractivity contribution in [3.63, 3.8) is 0 Å². The zero-order valence-electron chi connectivity index (χ0n) is 8.25. The molecule has 0 saturated heterocycles. The van der Waals surface area contributed by atoms with Gasteiger partial charge in [-0.05, 0) is 32.2 Å². The fourth-order valence-electron chi connectivity index (χ4n) is 1.49. The minimum atomic E-state index is 0.275. The van der Waals surface area contributed by atoms with Crippen molar-refractivity contribution in [2.75, 3.05) is 19.7 Å². The monoisotopic (exact) mass is 237 g/mol. The van der Waals surface area contributed by atoms with Crippen molar-refractivity contribution < 1.29 is 5.11 Å². The van der Waals surface area contributed by atoms with Gasteiger partial charge in [0, 0.05) is 29.8 Å². The van der Waals surface area contributed by atoms with Gasteiger partial charge in [0.15, 0.2) is 0 Å². The molecule has 14 heavy (non-hydrogen) atoms. The highest BCUT2D eigenvalue weighted by atomic mass is 35.5. The van der Waals surface area contributed by atoms with E-state index < -0.39 is 0 Å². The van der Waals surface area contributed by atoms with Crippen molar-refractivity contribution >= 4 is 23.2 Å². The van der Waals surface area contributed by atoms with Crippen LogP contribution in [0.5, 0.6) is 0 Å². The Labute approximate surface area is 95.5 Å². The summed E-state index contributed by atoms with van der Waals surface area (Å²) in [5.74, 6) is 0. The zero-order chi connectivity index (χ0) is 10.4. The van der Waals surface area contributed by atoms with Crippen LogP contribution in [-0.4, -0.2) is 35.7 Å². The van der Waals surface area contributed by atoms with Crippen LogP contribution in [0.25, 0.3) is 0 Å². The molecule has 1 N–H and O–H groups in total. The van der Waals surface area contributed by atoms with Crippen LogP contribution >= 0.6 is 23.2 Å². The molecule has 4 heteroatoms. The Morgan fingerprint density at radius 1 is 1.43 bits per heavy atom. The topological polar surface area (TPSA) is 23.5 Å². The number of halogens is 2. The third-order valence-corrected chi connectivity index (χ3v) is 2.99. The maximum atomic E-state index is 8.68. The molecule has 0 aromatic rings. The van der Waals surface area contributed by atoms with E-state index in [0.717, 1.165) is 25.9 Å². The Hall–Kier alpha value is 0.240. The SMILES string of the molecule is OCCCCN(CC(Cl)=CCl)C1CC1. The first-order valence-electron chi connectivity index (χ1n) is 5.07. The highest BCUT2D eigenvalue weighted by Crippen LogP contribution is 2.28. The third-order valence-electron chi connectivity index (χ3n) is 2.39. The second-order valence-corrected chi connectivity index (χ2v) is 4.39. The molecular weight excluding hydrogens is 221 g/mol. The van der Waals surface area contributed by atoms with E-state index in [9.17, 15) is 0 Å². The summed E-state index contributed by atoms with van der Waals surface area (Å²) in [6, 6.07) is 0.694. The highest BCUT2D eigenvalue weighted by Gasteiger charge is 2.28. The van der Waals surface area contributed by atoms with Gasteiger partial charge in [-0.1, -0.05) is 23.2 Å². The van der Waals surface area contributed by atoms with Crippen LogP contribution < -0.4 is 0 Å². The van der Waals surface area contributed by atoms with Crippen LogP contribution in [-0.2, 0) is 0 Å². The Kier molecular flexibility index (Phi) is 5.87. The minimum absolute atomic E-state index is 0.275. The van der Waals surface area contributed by atoms with Crippen LogP contribution in [0.1, 0.15) is 25.7 Å². The quantitative estimate of drug-likeness (QED) is 0.689. The van der Waals surface area contributed by atoms with E-state index in [1.807, 2.05) is 0 Å². The van der Waals surface area contributed by atoms with E-state index in [2.05, 4.69) is 4.90 Å². The summed E-state index contributed by atoms with van der Waals surface area (Å²) >= 11 is 11.4. The van der Waals surface area contributed by atoms with E-state index in [1.54, 1.807) is 0 Å². The van der Waals surface area contributed by atoms with Crippen molar-refractivity contribution in [2.24, 2.45) is 0 Å². The normalized spacial score (nSPS) is 17.9. The van der Waals surface area contributed by atoms with Gasteiger partial charge >= 0.3 is 0 Å². The van der Waals surface area contributed by atoms with E-state index >= 15 is 0 Å². The number of nitrogens with zero attached hydrogens (tertiary/aromatic N) is 1. The van der Waals surface area contributed by atoms with Gasteiger partial charge in [-0.3, -0.25) is 4.90 Å². The first-order valence-corrected chi connectivity index (χ1v) is 5.89. The Bertz CT molecular complexity index is 193. The van der Waals surface area contributed by atoms with Gasteiger partial charge in [-0.25, -0.2) is 0 Å². The van der Waals surface area contributed by atoms with Crippen LogP contribution in [0.15, 0.2) is 10.6 Å². The summed E-state index contributed by atoms with van der Waals surface area (Å²) in [7, 11) is 0. The molecule has 1 aliphatic carbocycles.